The van der Waals surface area contributed by atoms with Crippen molar-refractivity contribution in [3.8, 4) is 5.75 Å². The minimum Gasteiger partial charge on any atom is -0.489 e. The Bertz CT molecular complexity index is 1980. The van der Waals surface area contributed by atoms with Gasteiger partial charge < -0.3 is 15.4 Å². The predicted octanol–water partition coefficient (Wildman–Crippen LogP) is 9.14. The lowest BCUT2D eigenvalue weighted by Gasteiger charge is -2.29. The first kappa shape index (κ1) is 31.7. The lowest BCUT2D eigenvalue weighted by Crippen LogP contribution is -2.31. The number of halogens is 3. The van der Waals surface area contributed by atoms with E-state index in [9.17, 15) is 9.18 Å². The standard InChI is InChI=1S/C35H30Cl2FN5O2S/c1-20-11-14-30(21(2)15-20)40-33(44)31-22(3)39-34-41-35(46-19-25-7-4-5-10-29(25)38)42-43(34)32(31)23-8-6-9-27(16-23)45-18-24-12-13-26(36)17-28(24)37/h4-17,32H,18-19H2,1-3H3,(H,40,44)(H,39,41,42). The number of hydrogen-bond acceptors (Lipinski definition) is 6. The number of anilines is 2. The van der Waals surface area contributed by atoms with Crippen LogP contribution in [0.4, 0.5) is 16.0 Å². The second kappa shape index (κ2) is 13.6. The van der Waals surface area contributed by atoms with Crippen molar-refractivity contribution in [3.63, 3.8) is 0 Å². The number of aromatic nitrogens is 3. The second-order valence-corrected chi connectivity index (χ2v) is 12.8. The molecule has 2 heterocycles. The first-order valence-electron chi connectivity index (χ1n) is 14.5. The molecule has 1 aromatic heterocycles. The highest BCUT2D eigenvalue weighted by Gasteiger charge is 2.35. The van der Waals surface area contributed by atoms with Gasteiger partial charge in [0.2, 0.25) is 11.1 Å². The van der Waals surface area contributed by atoms with E-state index in [-0.39, 0.29) is 18.3 Å². The molecule has 46 heavy (non-hydrogen) atoms. The van der Waals surface area contributed by atoms with Gasteiger partial charge in [0.15, 0.2) is 0 Å². The Morgan fingerprint density at radius 2 is 1.83 bits per heavy atom. The molecule has 11 heteroatoms. The molecule has 0 saturated heterocycles. The fourth-order valence-electron chi connectivity index (χ4n) is 5.27. The van der Waals surface area contributed by atoms with Crippen molar-refractivity contribution in [3.05, 3.63) is 140 Å². The number of aryl methyl sites for hydroxylation is 2. The van der Waals surface area contributed by atoms with E-state index in [1.165, 1.54) is 17.8 Å². The molecule has 0 spiro atoms. The number of hydrogen-bond donors (Lipinski definition) is 2. The molecule has 7 nitrogen and oxygen atoms in total. The molecule has 0 bridgehead atoms. The van der Waals surface area contributed by atoms with Gasteiger partial charge in [-0.1, -0.05) is 89.1 Å². The van der Waals surface area contributed by atoms with E-state index in [1.54, 1.807) is 35.0 Å². The molecule has 4 aromatic carbocycles. The van der Waals surface area contributed by atoms with Crippen molar-refractivity contribution < 1.29 is 13.9 Å². The summed E-state index contributed by atoms with van der Waals surface area (Å²) in [5.74, 6) is 0.854. The maximum Gasteiger partial charge on any atom is 0.255 e. The van der Waals surface area contributed by atoms with Crippen LogP contribution >= 0.6 is 35.0 Å². The molecule has 1 unspecified atom stereocenters. The average molecular weight is 675 g/mol. The third kappa shape index (κ3) is 6.92. The number of nitrogens with zero attached hydrogens (tertiary/aromatic N) is 3. The minimum absolute atomic E-state index is 0.228. The van der Waals surface area contributed by atoms with E-state index in [4.69, 9.17) is 38.0 Å². The summed E-state index contributed by atoms with van der Waals surface area (Å²) < 4.78 is 22.2. The number of carbonyl (C=O) groups is 1. The van der Waals surface area contributed by atoms with Gasteiger partial charge in [-0.2, -0.15) is 4.98 Å². The number of nitrogens with one attached hydrogen (secondary N) is 2. The zero-order valence-corrected chi connectivity index (χ0v) is 27.6. The lowest BCUT2D eigenvalue weighted by atomic mass is 9.94. The zero-order chi connectivity index (χ0) is 32.4. The highest BCUT2D eigenvalue weighted by Crippen LogP contribution is 2.38. The van der Waals surface area contributed by atoms with Crippen molar-refractivity contribution in [1.82, 2.24) is 14.8 Å². The molecule has 0 fully saturated rings. The molecular formula is C35H30Cl2FN5O2S. The summed E-state index contributed by atoms with van der Waals surface area (Å²) in [7, 11) is 0. The summed E-state index contributed by atoms with van der Waals surface area (Å²) in [4.78, 5) is 18.7. The molecule has 1 atom stereocenters. The van der Waals surface area contributed by atoms with E-state index in [1.807, 2.05) is 69.3 Å². The Morgan fingerprint density at radius 1 is 1.00 bits per heavy atom. The normalized spacial score (nSPS) is 14.1. The monoisotopic (exact) mass is 673 g/mol. The Labute approximate surface area is 280 Å². The van der Waals surface area contributed by atoms with Crippen molar-refractivity contribution in [2.24, 2.45) is 0 Å². The number of amides is 1. The maximum absolute atomic E-state index is 14.3. The summed E-state index contributed by atoms with van der Waals surface area (Å²) in [6, 6.07) is 24.7. The van der Waals surface area contributed by atoms with E-state index in [0.717, 1.165) is 27.9 Å². The van der Waals surface area contributed by atoms with Gasteiger partial charge in [-0.25, -0.2) is 9.07 Å². The van der Waals surface area contributed by atoms with Crippen LogP contribution in [0, 0.1) is 19.7 Å². The first-order valence-corrected chi connectivity index (χ1v) is 16.3. The molecule has 1 amide bonds. The summed E-state index contributed by atoms with van der Waals surface area (Å²) in [5.41, 5.74) is 6.00. The van der Waals surface area contributed by atoms with Crippen LogP contribution < -0.4 is 15.4 Å². The largest absolute Gasteiger partial charge is 0.489 e. The third-order valence-electron chi connectivity index (χ3n) is 7.61. The molecular weight excluding hydrogens is 644 g/mol. The first-order chi connectivity index (χ1) is 22.2. The predicted molar refractivity (Wildman–Crippen MR) is 182 cm³/mol. The van der Waals surface area contributed by atoms with Gasteiger partial charge in [0.05, 0.1) is 5.57 Å². The Hall–Kier alpha value is -4.31. The highest BCUT2D eigenvalue weighted by molar-refractivity contribution is 7.98. The number of benzene rings is 4. The van der Waals surface area contributed by atoms with Gasteiger partial charge in [0, 0.05) is 32.7 Å². The van der Waals surface area contributed by atoms with Crippen LogP contribution in [0.15, 0.2) is 101 Å². The van der Waals surface area contributed by atoms with E-state index >= 15 is 0 Å². The molecule has 234 valence electrons. The van der Waals surface area contributed by atoms with Crippen LogP contribution in [0.5, 0.6) is 5.75 Å². The van der Waals surface area contributed by atoms with Crippen molar-refractivity contribution in [1.29, 1.82) is 0 Å². The summed E-state index contributed by atoms with van der Waals surface area (Å²) >= 11 is 13.8. The quantitative estimate of drug-likeness (QED) is 0.152. The van der Waals surface area contributed by atoms with Gasteiger partial charge in [-0.3, -0.25) is 4.79 Å². The third-order valence-corrected chi connectivity index (χ3v) is 9.08. The molecule has 1 aliphatic heterocycles. The smallest absolute Gasteiger partial charge is 0.255 e. The Morgan fingerprint density at radius 3 is 2.61 bits per heavy atom. The topological polar surface area (TPSA) is 81.1 Å². The number of thioether (sulfide) groups is 1. The van der Waals surface area contributed by atoms with E-state index in [0.29, 0.717) is 49.5 Å². The summed E-state index contributed by atoms with van der Waals surface area (Å²) in [6.07, 6.45) is 0. The van der Waals surface area contributed by atoms with Crippen molar-refractivity contribution >= 4 is 52.5 Å². The maximum atomic E-state index is 14.3. The van der Waals surface area contributed by atoms with E-state index in [2.05, 4.69) is 10.6 Å². The van der Waals surface area contributed by atoms with E-state index < -0.39 is 6.04 Å². The number of fused-ring (bicyclic) bond motifs is 1. The van der Waals surface area contributed by atoms with Gasteiger partial charge in [-0.15, -0.1) is 5.10 Å². The number of carbonyl (C=O) groups excluding carboxylic acids is 1. The molecule has 0 saturated carbocycles. The molecule has 0 radical (unpaired) electrons. The SMILES string of the molecule is CC1=C(C(=O)Nc2ccc(C)cc2C)C(c2cccc(OCc3ccc(Cl)cc3Cl)c2)n2nc(SCc3ccccc3F)nc2N1. The highest BCUT2D eigenvalue weighted by atomic mass is 35.5. The zero-order valence-electron chi connectivity index (χ0n) is 25.3. The summed E-state index contributed by atoms with van der Waals surface area (Å²) in [5, 5.41) is 12.7. The van der Waals surface area contributed by atoms with Crippen LogP contribution in [-0.2, 0) is 17.2 Å². The van der Waals surface area contributed by atoms with Gasteiger partial charge in [-0.05, 0) is 73.9 Å². The van der Waals surface area contributed by atoms with Crippen LogP contribution in [0.3, 0.4) is 0 Å². The fourth-order valence-corrected chi connectivity index (χ4v) is 6.55. The number of allylic oxidation sites excluding steroid dienone is 1. The van der Waals surface area contributed by atoms with Crippen LogP contribution in [-0.4, -0.2) is 20.7 Å². The number of ether oxygens (including phenoxy) is 1. The van der Waals surface area contributed by atoms with Crippen LogP contribution in [0.1, 0.15) is 40.8 Å². The molecule has 0 aliphatic carbocycles. The molecule has 6 rings (SSSR count). The Balaban J connectivity index is 1.34. The molecule has 2 N–H and O–H groups in total. The minimum atomic E-state index is -0.639. The Kier molecular flexibility index (Phi) is 9.35. The fraction of sp³-hybridized carbons (Fsp3) is 0.171. The van der Waals surface area contributed by atoms with Crippen LogP contribution in [0.2, 0.25) is 10.0 Å². The lowest BCUT2D eigenvalue weighted by molar-refractivity contribution is -0.113. The molecule has 5 aromatic rings. The van der Waals surface area contributed by atoms with Gasteiger partial charge >= 0.3 is 0 Å². The van der Waals surface area contributed by atoms with Gasteiger partial charge in [0.25, 0.3) is 5.91 Å². The number of rotatable bonds is 9. The molecule has 1 aliphatic rings. The van der Waals surface area contributed by atoms with Crippen molar-refractivity contribution in [2.75, 3.05) is 10.6 Å². The van der Waals surface area contributed by atoms with Crippen LogP contribution in [0.25, 0.3) is 0 Å². The second-order valence-electron chi connectivity index (χ2n) is 11.0. The van der Waals surface area contributed by atoms with Gasteiger partial charge in [0.1, 0.15) is 24.2 Å². The summed E-state index contributed by atoms with van der Waals surface area (Å²) in [6.45, 7) is 6.04. The van der Waals surface area contributed by atoms with Crippen molar-refractivity contribution in [2.45, 2.75) is 44.3 Å². The average Bonchev–Trinajstić information content (AvgIpc) is 3.43.